The van der Waals surface area contributed by atoms with E-state index >= 15 is 0 Å². The van der Waals surface area contributed by atoms with E-state index in [1.165, 1.54) is 28.7 Å². The second-order valence-electron chi connectivity index (χ2n) is 9.12. The van der Waals surface area contributed by atoms with Crippen molar-refractivity contribution in [2.75, 3.05) is 18.2 Å². The minimum Gasteiger partial charge on any atom is -0.497 e. The summed E-state index contributed by atoms with van der Waals surface area (Å²) in [5.74, 6) is 0.736. The number of amides is 2. The van der Waals surface area contributed by atoms with Crippen LogP contribution in [0.2, 0.25) is 0 Å². The van der Waals surface area contributed by atoms with Gasteiger partial charge in [0.2, 0.25) is 11.8 Å². The molecule has 0 aliphatic rings. The normalized spacial score (nSPS) is 10.9. The van der Waals surface area contributed by atoms with Gasteiger partial charge in [-0.2, -0.15) is 0 Å². The van der Waals surface area contributed by atoms with Crippen molar-refractivity contribution in [1.29, 1.82) is 0 Å². The van der Waals surface area contributed by atoms with Crippen LogP contribution in [0.1, 0.15) is 36.8 Å². The van der Waals surface area contributed by atoms with Crippen molar-refractivity contribution in [2.45, 2.75) is 50.9 Å². The monoisotopic (exact) mass is 564 g/mol. The van der Waals surface area contributed by atoms with Crippen LogP contribution < -0.4 is 20.9 Å². The third kappa shape index (κ3) is 8.18. The maximum atomic E-state index is 13.2. The molecule has 39 heavy (non-hydrogen) atoms. The van der Waals surface area contributed by atoms with Crippen molar-refractivity contribution in [3.05, 3.63) is 81.5 Å². The lowest BCUT2D eigenvalue weighted by Gasteiger charge is -2.12. The molecule has 0 radical (unpaired) electrons. The first-order valence-corrected chi connectivity index (χ1v) is 14.7. The Hall–Kier alpha value is -3.63. The number of rotatable bonds is 13. The molecular formula is C29H32N4O4S2. The number of thioether (sulfide) groups is 1. The van der Waals surface area contributed by atoms with E-state index in [-0.39, 0.29) is 23.1 Å². The number of carbonyl (C=O) groups excluding carboxylic acids is 2. The average molecular weight is 565 g/mol. The number of hydrogen-bond donors (Lipinski definition) is 2. The number of nitrogens with one attached hydrogen (secondary N) is 2. The first-order valence-electron chi connectivity index (χ1n) is 12.8. The minimum absolute atomic E-state index is 0.0492. The number of fused-ring (bicyclic) bond motifs is 1. The number of anilines is 1. The third-order valence-corrected chi connectivity index (χ3v) is 8.00. The lowest BCUT2D eigenvalue weighted by molar-refractivity contribution is -0.118. The molecule has 0 saturated heterocycles. The summed E-state index contributed by atoms with van der Waals surface area (Å²) in [4.78, 5) is 42.6. The summed E-state index contributed by atoms with van der Waals surface area (Å²) in [6, 6.07) is 17.1. The standard InChI is InChI=1S/C29H32N4O4S2/c1-20-7-9-21(10-8-20)18-30-26(35)19-39-29-32-24-15-17-38-27(24)28(36)33(29)16-5-3-4-6-25(34)31-22-11-13-23(37-2)14-12-22/h7-15,17H,3-6,16,18-19H2,1-2H3,(H,30,35)(H,31,34). The second-order valence-corrected chi connectivity index (χ2v) is 11.0. The van der Waals surface area contributed by atoms with Crippen molar-refractivity contribution < 1.29 is 14.3 Å². The van der Waals surface area contributed by atoms with E-state index in [2.05, 4.69) is 15.6 Å². The maximum absolute atomic E-state index is 13.2. The van der Waals surface area contributed by atoms with Crippen LogP contribution in [0.3, 0.4) is 0 Å². The number of methoxy groups -OCH3 is 1. The Balaban J connectivity index is 1.28. The predicted octanol–water partition coefficient (Wildman–Crippen LogP) is 5.38. The lowest BCUT2D eigenvalue weighted by Crippen LogP contribution is -2.26. The molecule has 0 aliphatic heterocycles. The summed E-state index contributed by atoms with van der Waals surface area (Å²) < 4.78 is 7.41. The van der Waals surface area contributed by atoms with Gasteiger partial charge in [0.1, 0.15) is 10.4 Å². The fourth-order valence-electron chi connectivity index (χ4n) is 3.95. The van der Waals surface area contributed by atoms with Crippen LogP contribution in [0.5, 0.6) is 5.75 Å². The quantitative estimate of drug-likeness (QED) is 0.128. The molecule has 0 unspecified atom stereocenters. The molecule has 0 aliphatic carbocycles. The first-order chi connectivity index (χ1) is 18.9. The largest absolute Gasteiger partial charge is 0.497 e. The molecule has 0 bridgehead atoms. The van der Waals surface area contributed by atoms with Crippen molar-refractivity contribution in [3.8, 4) is 5.75 Å². The fourth-order valence-corrected chi connectivity index (χ4v) is 5.58. The van der Waals surface area contributed by atoms with E-state index in [9.17, 15) is 14.4 Å². The number of ether oxygens (including phenoxy) is 1. The molecular weight excluding hydrogens is 532 g/mol. The number of aryl methyl sites for hydroxylation is 1. The van der Waals surface area contributed by atoms with Gasteiger partial charge < -0.3 is 15.4 Å². The molecule has 2 N–H and O–H groups in total. The molecule has 2 aromatic heterocycles. The molecule has 8 nitrogen and oxygen atoms in total. The maximum Gasteiger partial charge on any atom is 0.272 e. The van der Waals surface area contributed by atoms with Gasteiger partial charge in [0, 0.05) is 25.2 Å². The van der Waals surface area contributed by atoms with Gasteiger partial charge in [0.25, 0.3) is 5.56 Å². The minimum atomic E-state index is -0.116. The van der Waals surface area contributed by atoms with Gasteiger partial charge in [0.15, 0.2) is 5.16 Å². The topological polar surface area (TPSA) is 102 Å². The number of hydrogen-bond acceptors (Lipinski definition) is 7. The lowest BCUT2D eigenvalue weighted by atomic mass is 10.1. The Morgan fingerprint density at radius 1 is 1.00 bits per heavy atom. The average Bonchev–Trinajstić information content (AvgIpc) is 3.42. The van der Waals surface area contributed by atoms with Gasteiger partial charge in [0.05, 0.1) is 18.4 Å². The van der Waals surface area contributed by atoms with Crippen LogP contribution in [-0.4, -0.2) is 34.2 Å². The highest BCUT2D eigenvalue weighted by Crippen LogP contribution is 2.22. The molecule has 2 aromatic carbocycles. The van der Waals surface area contributed by atoms with Gasteiger partial charge in [-0.15, -0.1) is 11.3 Å². The van der Waals surface area contributed by atoms with Crippen LogP contribution in [0.25, 0.3) is 10.2 Å². The molecule has 4 aromatic rings. The number of thiophene rings is 1. The van der Waals surface area contributed by atoms with Gasteiger partial charge in [-0.05, 0) is 61.0 Å². The highest BCUT2D eigenvalue weighted by molar-refractivity contribution is 7.99. The number of benzene rings is 2. The highest BCUT2D eigenvalue weighted by Gasteiger charge is 2.14. The highest BCUT2D eigenvalue weighted by atomic mass is 32.2. The molecule has 10 heteroatoms. The Morgan fingerprint density at radius 3 is 2.51 bits per heavy atom. The predicted molar refractivity (Wildman–Crippen MR) is 158 cm³/mol. The summed E-state index contributed by atoms with van der Waals surface area (Å²) in [6.45, 7) is 2.96. The summed E-state index contributed by atoms with van der Waals surface area (Å²) in [5, 5.41) is 8.21. The number of aromatic nitrogens is 2. The van der Waals surface area contributed by atoms with Gasteiger partial charge in [-0.25, -0.2) is 4.98 Å². The first kappa shape index (κ1) is 28.4. The van der Waals surface area contributed by atoms with E-state index in [0.717, 1.165) is 29.8 Å². The summed E-state index contributed by atoms with van der Waals surface area (Å²) in [6.07, 6.45) is 2.61. The zero-order valence-electron chi connectivity index (χ0n) is 22.1. The Kier molecular flexibility index (Phi) is 10.2. The van der Waals surface area contributed by atoms with E-state index in [1.54, 1.807) is 35.9 Å². The van der Waals surface area contributed by atoms with E-state index in [1.807, 2.05) is 42.6 Å². The smallest absolute Gasteiger partial charge is 0.272 e. The van der Waals surface area contributed by atoms with Crippen LogP contribution in [-0.2, 0) is 22.7 Å². The van der Waals surface area contributed by atoms with Crippen molar-refractivity contribution in [2.24, 2.45) is 0 Å². The Labute approximate surface area is 235 Å². The number of unbranched alkanes of at least 4 members (excludes halogenated alkanes) is 2. The Bertz CT molecular complexity index is 1460. The van der Waals surface area contributed by atoms with Crippen molar-refractivity contribution in [3.63, 3.8) is 0 Å². The molecule has 0 spiro atoms. The fraction of sp³-hybridized carbons (Fsp3) is 0.310. The SMILES string of the molecule is COc1ccc(NC(=O)CCCCCn2c(SCC(=O)NCc3ccc(C)cc3)nc3ccsc3c2=O)cc1. The summed E-state index contributed by atoms with van der Waals surface area (Å²) in [5.41, 5.74) is 3.50. The van der Waals surface area contributed by atoms with Gasteiger partial charge in [-0.3, -0.25) is 19.0 Å². The van der Waals surface area contributed by atoms with Crippen LogP contribution >= 0.6 is 23.1 Å². The van der Waals surface area contributed by atoms with Crippen LogP contribution in [0, 0.1) is 6.92 Å². The molecule has 0 atom stereocenters. The zero-order valence-corrected chi connectivity index (χ0v) is 23.7. The van der Waals surface area contributed by atoms with Crippen molar-refractivity contribution in [1.82, 2.24) is 14.9 Å². The molecule has 0 fully saturated rings. The van der Waals surface area contributed by atoms with E-state index in [4.69, 9.17) is 4.74 Å². The van der Waals surface area contributed by atoms with E-state index in [0.29, 0.717) is 41.3 Å². The molecule has 2 amide bonds. The third-order valence-electron chi connectivity index (χ3n) is 6.13. The number of carbonyl (C=O) groups is 2. The van der Waals surface area contributed by atoms with E-state index < -0.39 is 0 Å². The van der Waals surface area contributed by atoms with Crippen molar-refractivity contribution >= 4 is 50.8 Å². The zero-order chi connectivity index (χ0) is 27.6. The van der Waals surface area contributed by atoms with Crippen LogP contribution in [0.4, 0.5) is 5.69 Å². The Morgan fingerprint density at radius 2 is 1.77 bits per heavy atom. The molecule has 2 heterocycles. The van der Waals surface area contributed by atoms with Gasteiger partial charge in [-0.1, -0.05) is 48.0 Å². The second kappa shape index (κ2) is 14.0. The van der Waals surface area contributed by atoms with Gasteiger partial charge >= 0.3 is 0 Å². The molecule has 4 rings (SSSR count). The number of nitrogens with zero attached hydrogens (tertiary/aromatic N) is 2. The molecule has 204 valence electrons. The summed E-state index contributed by atoms with van der Waals surface area (Å²) in [7, 11) is 1.60. The van der Waals surface area contributed by atoms with Crippen LogP contribution in [0.15, 0.2) is 69.9 Å². The molecule has 0 saturated carbocycles. The summed E-state index contributed by atoms with van der Waals surface area (Å²) >= 11 is 2.64.